The normalized spacial score (nSPS) is 23.7. The quantitative estimate of drug-likeness (QED) is 0.297. The molecule has 0 bridgehead atoms. The van der Waals surface area contributed by atoms with Crippen molar-refractivity contribution in [2.75, 3.05) is 26.7 Å². The molecule has 0 aromatic heterocycles. The van der Waals surface area contributed by atoms with Crippen LogP contribution in [-0.4, -0.2) is 83.7 Å². The second-order valence-corrected chi connectivity index (χ2v) is 15.5. The van der Waals surface area contributed by atoms with Crippen molar-refractivity contribution in [3.8, 4) is 11.1 Å². The predicted molar refractivity (Wildman–Crippen MR) is 207 cm³/mol. The second kappa shape index (κ2) is 16.0. The SMILES string of the molecule is COC(=O)N[C@H](C(=O)N1CCC[C@H]1C1=NC=C(c2ccc(-c3ccc(C4=CN=C(C5CCCC[C@H]5C(=O)N5CCCC(=O)C5)C4)cc3)cc2)C1)C(C)C. The van der Waals surface area contributed by atoms with Crippen LogP contribution in [0.3, 0.4) is 0 Å². The lowest BCUT2D eigenvalue weighted by molar-refractivity contribution is -0.142. The van der Waals surface area contributed by atoms with Crippen LogP contribution in [0.5, 0.6) is 0 Å². The molecule has 1 unspecified atom stereocenters. The number of hydrogen-bond acceptors (Lipinski definition) is 7. The Labute approximate surface area is 312 Å². The van der Waals surface area contributed by atoms with Crippen LogP contribution in [0.1, 0.15) is 89.2 Å². The maximum atomic E-state index is 13.6. The van der Waals surface area contributed by atoms with E-state index in [4.69, 9.17) is 14.7 Å². The zero-order chi connectivity index (χ0) is 37.1. The van der Waals surface area contributed by atoms with Crippen molar-refractivity contribution < 1.29 is 23.9 Å². The number of piperidine rings is 1. The number of Topliss-reactive ketones (excluding diaryl/α,β-unsaturated/α-hetero) is 1. The molecule has 4 atom stereocenters. The Morgan fingerprint density at radius 3 is 2.00 bits per heavy atom. The number of nitrogens with one attached hydrogen (secondary N) is 1. The Kier molecular flexibility index (Phi) is 11.0. The number of alkyl carbamates (subject to hydrolysis) is 1. The molecule has 0 radical (unpaired) electrons. The zero-order valence-electron chi connectivity index (χ0n) is 31.2. The third-order valence-corrected chi connectivity index (χ3v) is 11.7. The zero-order valence-corrected chi connectivity index (χ0v) is 31.2. The number of methoxy groups -OCH3 is 1. The average molecular weight is 718 g/mol. The molecule has 7 rings (SSSR count). The average Bonchev–Trinajstić information content (AvgIpc) is 3.98. The number of nitrogens with zero attached hydrogens (tertiary/aromatic N) is 4. The summed E-state index contributed by atoms with van der Waals surface area (Å²) >= 11 is 0. The molecule has 53 heavy (non-hydrogen) atoms. The molecule has 278 valence electrons. The van der Waals surface area contributed by atoms with Gasteiger partial charge in [0, 0.05) is 68.0 Å². The van der Waals surface area contributed by atoms with Gasteiger partial charge in [-0.3, -0.25) is 24.4 Å². The molecular weight excluding hydrogens is 667 g/mol. The van der Waals surface area contributed by atoms with Gasteiger partial charge in [-0.25, -0.2) is 4.79 Å². The Bertz CT molecular complexity index is 1860. The Hall–Kier alpha value is -4.86. The highest BCUT2D eigenvalue weighted by Gasteiger charge is 2.40. The van der Waals surface area contributed by atoms with Crippen LogP contribution >= 0.6 is 0 Å². The predicted octanol–water partition coefficient (Wildman–Crippen LogP) is 7.09. The maximum Gasteiger partial charge on any atom is 0.407 e. The van der Waals surface area contributed by atoms with Gasteiger partial charge >= 0.3 is 6.09 Å². The van der Waals surface area contributed by atoms with Gasteiger partial charge in [0.05, 0.1) is 19.7 Å². The number of aliphatic imine (C=N–C) groups is 2. The summed E-state index contributed by atoms with van der Waals surface area (Å²) in [6.07, 6.45) is 11.9. The molecule has 4 aliphatic heterocycles. The second-order valence-electron chi connectivity index (χ2n) is 15.5. The summed E-state index contributed by atoms with van der Waals surface area (Å²) in [5.74, 6) is 0.215. The molecule has 2 aromatic carbocycles. The third kappa shape index (κ3) is 7.92. The van der Waals surface area contributed by atoms with Crippen LogP contribution in [0.2, 0.25) is 0 Å². The van der Waals surface area contributed by atoms with Crippen LogP contribution in [0.4, 0.5) is 4.79 Å². The first-order valence-corrected chi connectivity index (χ1v) is 19.4. The van der Waals surface area contributed by atoms with Crippen molar-refractivity contribution in [3.63, 3.8) is 0 Å². The molecule has 10 nitrogen and oxygen atoms in total. The maximum absolute atomic E-state index is 13.6. The number of ketones is 1. The van der Waals surface area contributed by atoms with E-state index in [9.17, 15) is 19.2 Å². The summed E-state index contributed by atoms with van der Waals surface area (Å²) in [5, 5.41) is 2.72. The van der Waals surface area contributed by atoms with Crippen molar-refractivity contribution in [1.82, 2.24) is 15.1 Å². The lowest BCUT2D eigenvalue weighted by Gasteiger charge is -2.36. The minimum Gasteiger partial charge on any atom is -0.453 e. The number of carbonyl (C=O) groups excluding carboxylic acids is 4. The van der Waals surface area contributed by atoms with Gasteiger partial charge in [-0.05, 0) is 71.4 Å². The first-order chi connectivity index (χ1) is 25.7. The summed E-state index contributed by atoms with van der Waals surface area (Å²) in [4.78, 5) is 64.4. The number of carbonyl (C=O) groups is 4. The van der Waals surface area contributed by atoms with E-state index in [1.807, 2.05) is 31.1 Å². The highest BCUT2D eigenvalue weighted by Crippen LogP contribution is 2.38. The number of rotatable bonds is 9. The molecule has 2 aromatic rings. The van der Waals surface area contributed by atoms with Gasteiger partial charge in [-0.1, -0.05) is 75.2 Å². The van der Waals surface area contributed by atoms with Gasteiger partial charge in [0.15, 0.2) is 5.78 Å². The Morgan fingerprint density at radius 2 is 1.38 bits per heavy atom. The van der Waals surface area contributed by atoms with E-state index in [2.05, 4.69) is 53.8 Å². The lowest BCUT2D eigenvalue weighted by Crippen LogP contribution is -2.53. The molecule has 0 spiro atoms. The minimum absolute atomic E-state index is 0.0735. The smallest absolute Gasteiger partial charge is 0.407 e. The summed E-state index contributed by atoms with van der Waals surface area (Å²) in [7, 11) is 1.31. The van der Waals surface area contributed by atoms with Crippen molar-refractivity contribution in [2.24, 2.45) is 27.7 Å². The molecule has 1 saturated carbocycles. The number of allylic oxidation sites excluding steroid dienone is 2. The highest BCUT2D eigenvalue weighted by molar-refractivity contribution is 6.04. The number of benzene rings is 2. The summed E-state index contributed by atoms with van der Waals surface area (Å²) in [6.45, 7) is 5.45. The molecule has 3 amide bonds. The molecule has 10 heteroatoms. The molecule has 5 aliphatic rings. The molecule has 1 N–H and O–H groups in total. The monoisotopic (exact) mass is 717 g/mol. The molecule has 1 aliphatic carbocycles. The fraction of sp³-hybridized carbons (Fsp3) is 0.488. The summed E-state index contributed by atoms with van der Waals surface area (Å²) < 4.78 is 4.77. The number of hydrogen-bond donors (Lipinski definition) is 1. The lowest BCUT2D eigenvalue weighted by atomic mass is 9.74. The van der Waals surface area contributed by atoms with E-state index in [-0.39, 0.29) is 47.9 Å². The Morgan fingerprint density at radius 1 is 0.774 bits per heavy atom. The number of amides is 3. The third-order valence-electron chi connectivity index (χ3n) is 11.7. The standard InChI is InChI=1S/C43H51N5O5/c1-27(2)40(46-43(52)53-3)42(51)48-21-7-11-39(48)38-23-33(25-45-38)31-18-14-29(15-19-31)28-12-16-30(17-13-28)32-22-37(44-24-32)35-9-4-5-10-36(35)41(50)47-20-6-8-34(49)26-47/h12-19,24-25,27,35-36,39-40H,4-11,20-23,26H2,1-3H3,(H,46,52)/t35?,36-,39+,40+/m1/s1. The molecule has 3 fully saturated rings. The van der Waals surface area contributed by atoms with Crippen molar-refractivity contribution >= 4 is 46.3 Å². The van der Waals surface area contributed by atoms with E-state index < -0.39 is 12.1 Å². The minimum atomic E-state index is -0.648. The van der Waals surface area contributed by atoms with Crippen molar-refractivity contribution in [2.45, 2.75) is 90.1 Å². The highest BCUT2D eigenvalue weighted by atomic mass is 16.5. The van der Waals surface area contributed by atoms with E-state index in [0.717, 1.165) is 90.6 Å². The molecule has 4 heterocycles. The number of ether oxygens (including phenoxy) is 1. The van der Waals surface area contributed by atoms with Gasteiger partial charge in [0.25, 0.3) is 0 Å². The van der Waals surface area contributed by atoms with Gasteiger partial charge in [0.2, 0.25) is 11.8 Å². The summed E-state index contributed by atoms with van der Waals surface area (Å²) in [6, 6.07) is 16.5. The molecule has 2 saturated heterocycles. The van der Waals surface area contributed by atoms with Crippen LogP contribution < -0.4 is 5.32 Å². The van der Waals surface area contributed by atoms with E-state index >= 15 is 0 Å². The van der Waals surface area contributed by atoms with Crippen LogP contribution in [0, 0.1) is 17.8 Å². The fourth-order valence-corrected chi connectivity index (χ4v) is 8.77. The van der Waals surface area contributed by atoms with Crippen LogP contribution in [0.25, 0.3) is 22.3 Å². The van der Waals surface area contributed by atoms with Crippen LogP contribution in [-0.2, 0) is 19.1 Å². The van der Waals surface area contributed by atoms with Crippen LogP contribution in [0.15, 0.2) is 70.9 Å². The largest absolute Gasteiger partial charge is 0.453 e. The molecular formula is C43H51N5O5. The van der Waals surface area contributed by atoms with Gasteiger partial charge in [0.1, 0.15) is 6.04 Å². The van der Waals surface area contributed by atoms with E-state index in [1.165, 1.54) is 12.7 Å². The fourth-order valence-electron chi connectivity index (χ4n) is 8.77. The van der Waals surface area contributed by atoms with E-state index in [0.29, 0.717) is 25.9 Å². The number of likely N-dealkylation sites (tertiary alicyclic amines) is 2. The first kappa shape index (κ1) is 36.5. The Balaban J connectivity index is 0.942. The summed E-state index contributed by atoms with van der Waals surface area (Å²) in [5.41, 5.74) is 8.92. The van der Waals surface area contributed by atoms with Gasteiger partial charge in [-0.2, -0.15) is 0 Å². The van der Waals surface area contributed by atoms with Gasteiger partial charge < -0.3 is 19.9 Å². The topological polar surface area (TPSA) is 121 Å². The van der Waals surface area contributed by atoms with Crippen molar-refractivity contribution in [3.05, 3.63) is 72.1 Å². The van der Waals surface area contributed by atoms with E-state index in [1.54, 1.807) is 4.90 Å². The first-order valence-electron chi connectivity index (χ1n) is 19.4. The van der Waals surface area contributed by atoms with Crippen molar-refractivity contribution in [1.29, 1.82) is 0 Å². The van der Waals surface area contributed by atoms with Gasteiger partial charge in [-0.15, -0.1) is 0 Å².